The van der Waals surface area contributed by atoms with Gasteiger partial charge in [0.15, 0.2) is 0 Å². The van der Waals surface area contributed by atoms with Crippen molar-refractivity contribution in [3.63, 3.8) is 0 Å². The van der Waals surface area contributed by atoms with E-state index < -0.39 is 0 Å². The number of phenolic OH excluding ortho intramolecular Hbond substituents is 1. The first-order valence-corrected chi connectivity index (χ1v) is 6.59. The van der Waals surface area contributed by atoms with Crippen LogP contribution < -0.4 is 5.48 Å². The Balaban J connectivity index is 2.08. The van der Waals surface area contributed by atoms with Gasteiger partial charge in [-0.15, -0.1) is 11.3 Å². The van der Waals surface area contributed by atoms with Gasteiger partial charge in [0.05, 0.1) is 0 Å². The number of rotatable bonds is 4. The third-order valence-corrected chi connectivity index (χ3v) is 3.76. The Morgan fingerprint density at radius 1 is 1.53 bits per heavy atom. The highest BCUT2D eigenvalue weighted by Gasteiger charge is 2.05. The van der Waals surface area contributed by atoms with E-state index in [-0.39, 0.29) is 5.75 Å². The minimum Gasteiger partial charge on any atom is -0.508 e. The summed E-state index contributed by atoms with van der Waals surface area (Å²) >= 11 is 6.63. The van der Waals surface area contributed by atoms with E-state index in [9.17, 15) is 5.11 Å². The average molecular weight is 267 g/mol. The number of nitrogens with one attached hydrogen (secondary N) is 1. The maximum Gasteiger partial charge on any atom is 0.116 e. The summed E-state index contributed by atoms with van der Waals surface area (Å²) in [7, 11) is 0. The van der Waals surface area contributed by atoms with Crippen molar-refractivity contribution in [2.45, 2.75) is 20.0 Å². The van der Waals surface area contributed by atoms with Crippen molar-refractivity contribution in [2.24, 2.45) is 0 Å². The average Bonchev–Trinajstić information content (AvgIpc) is 2.72. The molecule has 0 aliphatic carbocycles. The van der Waals surface area contributed by atoms with E-state index in [1.807, 2.05) is 18.4 Å². The summed E-state index contributed by atoms with van der Waals surface area (Å²) in [6, 6.07) is 5.35. The maximum absolute atomic E-state index is 9.45. The van der Waals surface area contributed by atoms with Gasteiger partial charge in [-0.3, -0.25) is 10.3 Å². The number of hydrogen-bond donors (Lipinski definition) is 2. The van der Waals surface area contributed by atoms with Gasteiger partial charge < -0.3 is 5.11 Å². The molecule has 0 unspecified atom stereocenters. The summed E-state index contributed by atoms with van der Waals surface area (Å²) in [6.45, 7) is 2.40. The number of benzene rings is 1. The smallest absolute Gasteiger partial charge is 0.116 e. The van der Waals surface area contributed by atoms with Gasteiger partial charge in [-0.05, 0) is 35.6 Å². The molecule has 0 spiro atoms. The molecule has 90 valence electrons. The summed E-state index contributed by atoms with van der Waals surface area (Å²) in [5, 5.41) is 12.5. The molecule has 1 aromatic carbocycles. The lowest BCUT2D eigenvalue weighted by molar-refractivity contribution is 0.0726. The monoisotopic (exact) mass is 267 g/mol. The lowest BCUT2D eigenvalue weighted by atomic mass is 10.2. The third kappa shape index (κ3) is 2.94. The summed E-state index contributed by atoms with van der Waals surface area (Å²) in [4.78, 5) is 6.00. The van der Waals surface area contributed by atoms with Gasteiger partial charge >= 0.3 is 0 Å². The first-order chi connectivity index (χ1) is 8.20. The highest BCUT2D eigenvalue weighted by atomic mass is 32.1. The van der Waals surface area contributed by atoms with Crippen molar-refractivity contribution >= 4 is 38.6 Å². The van der Waals surface area contributed by atoms with Crippen LogP contribution in [-0.2, 0) is 11.4 Å². The molecule has 0 atom stereocenters. The van der Waals surface area contributed by atoms with E-state index in [2.05, 4.69) is 5.48 Å². The molecule has 0 bridgehead atoms. The Hall–Kier alpha value is -1.17. The molecule has 3 nitrogen and oxygen atoms in total. The van der Waals surface area contributed by atoms with Crippen LogP contribution in [0.25, 0.3) is 10.1 Å². The van der Waals surface area contributed by atoms with Crippen LogP contribution in [0.1, 0.15) is 18.9 Å². The Morgan fingerprint density at radius 3 is 3.12 bits per heavy atom. The lowest BCUT2D eigenvalue weighted by Gasteiger charge is -2.05. The molecule has 17 heavy (non-hydrogen) atoms. The van der Waals surface area contributed by atoms with Crippen molar-refractivity contribution in [3.05, 3.63) is 29.1 Å². The van der Waals surface area contributed by atoms with Gasteiger partial charge in [0.2, 0.25) is 0 Å². The van der Waals surface area contributed by atoms with E-state index in [4.69, 9.17) is 17.1 Å². The molecular formula is C12H13NO2S2. The third-order valence-electron chi connectivity index (χ3n) is 2.37. The van der Waals surface area contributed by atoms with Crippen LogP contribution >= 0.6 is 23.6 Å². The number of thiocarbonyl (C=S) groups is 1. The van der Waals surface area contributed by atoms with E-state index in [1.165, 1.54) is 0 Å². The number of thiophene rings is 1. The summed E-state index contributed by atoms with van der Waals surface area (Å²) in [5.74, 6) is 0.272. The van der Waals surface area contributed by atoms with Crippen molar-refractivity contribution in [1.82, 2.24) is 5.48 Å². The molecule has 0 radical (unpaired) electrons. The largest absolute Gasteiger partial charge is 0.508 e. The second-order valence-electron chi connectivity index (χ2n) is 3.61. The Kier molecular flexibility index (Phi) is 3.93. The van der Waals surface area contributed by atoms with Gasteiger partial charge in [0.1, 0.15) is 17.3 Å². The molecule has 0 saturated heterocycles. The van der Waals surface area contributed by atoms with Crippen LogP contribution in [0.3, 0.4) is 0 Å². The summed E-state index contributed by atoms with van der Waals surface area (Å²) < 4.78 is 1.14. The van der Waals surface area contributed by atoms with Gasteiger partial charge in [-0.2, -0.15) is 0 Å². The zero-order valence-corrected chi connectivity index (χ0v) is 11.0. The fourth-order valence-corrected chi connectivity index (χ4v) is 2.43. The van der Waals surface area contributed by atoms with E-state index in [0.29, 0.717) is 11.6 Å². The predicted octanol–water partition coefficient (Wildman–Crippen LogP) is 3.37. The van der Waals surface area contributed by atoms with E-state index in [0.717, 1.165) is 22.1 Å². The molecule has 2 rings (SSSR count). The first-order valence-electron chi connectivity index (χ1n) is 5.30. The minimum absolute atomic E-state index is 0.272. The van der Waals surface area contributed by atoms with Crippen LogP contribution in [-0.4, -0.2) is 10.1 Å². The Bertz CT molecular complexity index is 536. The van der Waals surface area contributed by atoms with Crippen LogP contribution in [0.15, 0.2) is 23.6 Å². The Labute approximate surface area is 109 Å². The number of aromatic hydroxyl groups is 1. The van der Waals surface area contributed by atoms with Gasteiger partial charge in [-0.25, -0.2) is 0 Å². The predicted molar refractivity (Wildman–Crippen MR) is 74.3 cm³/mol. The van der Waals surface area contributed by atoms with Crippen molar-refractivity contribution in [2.75, 3.05) is 0 Å². The topological polar surface area (TPSA) is 41.5 Å². The van der Waals surface area contributed by atoms with Crippen LogP contribution in [0.2, 0.25) is 0 Å². The molecule has 5 heteroatoms. The first kappa shape index (κ1) is 12.3. The molecule has 0 fully saturated rings. The van der Waals surface area contributed by atoms with Crippen molar-refractivity contribution in [3.8, 4) is 5.75 Å². The minimum atomic E-state index is 0.272. The normalized spacial score (nSPS) is 10.6. The molecule has 2 N–H and O–H groups in total. The van der Waals surface area contributed by atoms with Crippen LogP contribution in [0.5, 0.6) is 5.75 Å². The zero-order valence-electron chi connectivity index (χ0n) is 9.40. The number of phenols is 1. The fourth-order valence-electron chi connectivity index (χ4n) is 1.45. The van der Waals surface area contributed by atoms with Crippen LogP contribution in [0.4, 0.5) is 0 Å². The molecule has 0 aliphatic rings. The summed E-state index contributed by atoms with van der Waals surface area (Å²) in [5.41, 5.74) is 3.77. The zero-order chi connectivity index (χ0) is 12.3. The SMILES string of the molecule is CCC(=S)NOCc1csc2ccc(O)cc12. The van der Waals surface area contributed by atoms with E-state index in [1.54, 1.807) is 23.5 Å². The second-order valence-corrected chi connectivity index (χ2v) is 5.01. The molecule has 1 heterocycles. The van der Waals surface area contributed by atoms with Gasteiger partial charge in [0, 0.05) is 10.1 Å². The van der Waals surface area contributed by atoms with Crippen molar-refractivity contribution in [1.29, 1.82) is 0 Å². The molecule has 0 aliphatic heterocycles. The van der Waals surface area contributed by atoms with Gasteiger partial charge in [0.25, 0.3) is 0 Å². The molecule has 2 aromatic rings. The van der Waals surface area contributed by atoms with Crippen molar-refractivity contribution < 1.29 is 9.94 Å². The molecule has 0 amide bonds. The quantitative estimate of drug-likeness (QED) is 0.658. The molecule has 0 saturated carbocycles. The fraction of sp³-hybridized carbons (Fsp3) is 0.250. The maximum atomic E-state index is 9.45. The van der Waals surface area contributed by atoms with E-state index >= 15 is 0 Å². The standard InChI is InChI=1S/C12H13NO2S2/c1-2-12(16)13-15-6-8-7-17-11-4-3-9(14)5-10(8)11/h3-5,7,14H,2,6H2,1H3,(H,13,16). The number of hydroxylamine groups is 1. The molecular weight excluding hydrogens is 254 g/mol. The highest BCUT2D eigenvalue weighted by molar-refractivity contribution is 7.80. The number of hydrogen-bond acceptors (Lipinski definition) is 4. The Morgan fingerprint density at radius 2 is 2.35 bits per heavy atom. The lowest BCUT2D eigenvalue weighted by Crippen LogP contribution is -2.20. The highest BCUT2D eigenvalue weighted by Crippen LogP contribution is 2.29. The molecule has 1 aromatic heterocycles. The van der Waals surface area contributed by atoms with Gasteiger partial charge in [-0.1, -0.05) is 19.1 Å². The van der Waals surface area contributed by atoms with Crippen LogP contribution in [0, 0.1) is 0 Å². The second kappa shape index (κ2) is 5.44. The number of fused-ring (bicyclic) bond motifs is 1. The summed E-state index contributed by atoms with van der Waals surface area (Å²) in [6.07, 6.45) is 0.764.